The topological polar surface area (TPSA) is 108 Å². The van der Waals surface area contributed by atoms with Crippen LogP contribution in [0.3, 0.4) is 0 Å². The van der Waals surface area contributed by atoms with Crippen molar-refractivity contribution in [1.82, 2.24) is 5.32 Å². The molecule has 0 aromatic heterocycles. The Morgan fingerprint density at radius 2 is 0.912 bits per heavy atom. The lowest BCUT2D eigenvalue weighted by Gasteiger charge is -2.29. The van der Waals surface area contributed by atoms with E-state index in [0.717, 1.165) is 89.9 Å². The van der Waals surface area contributed by atoms with Gasteiger partial charge in [-0.25, -0.2) is 0 Å². The van der Waals surface area contributed by atoms with Crippen molar-refractivity contribution in [2.75, 3.05) is 40.9 Å². The fourth-order valence-corrected chi connectivity index (χ4v) is 7.14. The fraction of sp³-hybridized carbons (Fsp3) is 0.576. The summed E-state index contributed by atoms with van der Waals surface area (Å²) in [5.74, 6) is -0.277. The summed E-state index contributed by atoms with van der Waals surface area (Å²) in [6, 6.07) is -0.952. The standard InChI is InChI=1S/C59H97N2O6P/c1-6-8-10-12-14-16-18-20-22-24-25-26-27-28-29-30-31-32-33-34-35-37-39-41-43-45-47-49-51-53-59(63)60-57(56-67-68(64,65)66-55-54-61(3,4)5)58(62)52-50-48-46-44-42-40-38-36-23-21-19-17-15-13-11-9-7-2/h8,10,14,16,20,22-23,25-26,28-29,31-32,34-36,39,41-42,44-45,47,50,52,57-58,62H,6-7,9,11-13,15,17-19,21,24,27,30,33,37-38,40,43,46,48-49,51,53-56H2,1-5H3,(H-,60,63,64,65)/b10-8-,16-14-,22-20-,26-25-,29-28-,32-31-,35-34-,36-23+,41-39-,44-42+,47-45-,52-50+. The van der Waals surface area contributed by atoms with E-state index in [1.54, 1.807) is 6.08 Å². The van der Waals surface area contributed by atoms with E-state index in [0.29, 0.717) is 23.9 Å². The van der Waals surface area contributed by atoms with E-state index in [4.69, 9.17) is 9.05 Å². The van der Waals surface area contributed by atoms with Crippen LogP contribution in [0.15, 0.2) is 146 Å². The van der Waals surface area contributed by atoms with Crippen LogP contribution >= 0.6 is 7.82 Å². The number of carbonyl (C=O) groups excluding carboxylic acids is 1. The van der Waals surface area contributed by atoms with Crippen LogP contribution in [0.2, 0.25) is 0 Å². The molecule has 0 bridgehead atoms. The minimum atomic E-state index is -4.63. The van der Waals surface area contributed by atoms with Gasteiger partial charge in [0.25, 0.3) is 7.82 Å². The van der Waals surface area contributed by atoms with Gasteiger partial charge in [0.15, 0.2) is 0 Å². The number of quaternary nitrogens is 1. The molecule has 0 radical (unpaired) electrons. The van der Waals surface area contributed by atoms with Crippen LogP contribution in [0.25, 0.3) is 0 Å². The second kappa shape index (κ2) is 48.4. The summed E-state index contributed by atoms with van der Waals surface area (Å²) in [5.41, 5.74) is 0. The van der Waals surface area contributed by atoms with Crippen LogP contribution in [0, 0.1) is 0 Å². The number of phosphoric acid groups is 1. The van der Waals surface area contributed by atoms with E-state index in [9.17, 15) is 19.4 Å². The molecule has 0 aliphatic rings. The van der Waals surface area contributed by atoms with Gasteiger partial charge >= 0.3 is 0 Å². The van der Waals surface area contributed by atoms with Gasteiger partial charge in [0, 0.05) is 6.42 Å². The third kappa shape index (κ3) is 50.3. The maximum Gasteiger partial charge on any atom is 0.268 e. The maximum absolute atomic E-state index is 12.9. The minimum absolute atomic E-state index is 0.0289. The van der Waals surface area contributed by atoms with Crippen LogP contribution in [-0.4, -0.2) is 68.5 Å². The van der Waals surface area contributed by atoms with Crippen LogP contribution in [0.5, 0.6) is 0 Å². The molecule has 0 saturated heterocycles. The molecule has 9 heteroatoms. The molecule has 0 heterocycles. The van der Waals surface area contributed by atoms with Crippen molar-refractivity contribution in [3.05, 3.63) is 146 Å². The third-order valence-corrected chi connectivity index (χ3v) is 11.5. The van der Waals surface area contributed by atoms with E-state index < -0.39 is 26.6 Å². The molecule has 0 rings (SSSR count). The van der Waals surface area contributed by atoms with Gasteiger partial charge in [-0.05, 0) is 109 Å². The normalized spacial score (nSPS) is 15.2. The highest BCUT2D eigenvalue weighted by molar-refractivity contribution is 7.45. The molecule has 3 atom stereocenters. The fourth-order valence-electron chi connectivity index (χ4n) is 6.42. The summed E-state index contributed by atoms with van der Waals surface area (Å²) in [7, 11) is 1.17. The van der Waals surface area contributed by atoms with Gasteiger partial charge < -0.3 is 28.8 Å². The molecule has 0 saturated carbocycles. The lowest BCUT2D eigenvalue weighted by atomic mass is 10.1. The van der Waals surface area contributed by atoms with Crippen molar-refractivity contribution in [3.8, 4) is 0 Å². The largest absolute Gasteiger partial charge is 0.756 e. The summed E-state index contributed by atoms with van der Waals surface area (Å²) in [6.45, 7) is 4.42. The second-order valence-electron chi connectivity index (χ2n) is 18.1. The summed E-state index contributed by atoms with van der Waals surface area (Å²) >= 11 is 0. The highest BCUT2D eigenvalue weighted by atomic mass is 31.2. The number of hydrogen-bond donors (Lipinski definition) is 2. The molecule has 0 spiro atoms. The molecule has 8 nitrogen and oxygen atoms in total. The molecule has 0 aromatic rings. The number of hydrogen-bond acceptors (Lipinski definition) is 6. The summed E-state index contributed by atoms with van der Waals surface area (Å²) in [5, 5.41) is 13.8. The van der Waals surface area contributed by atoms with Crippen LogP contribution in [0.1, 0.15) is 168 Å². The number of rotatable bonds is 45. The first-order valence-corrected chi connectivity index (χ1v) is 27.7. The molecule has 3 unspecified atom stereocenters. The predicted octanol–water partition coefficient (Wildman–Crippen LogP) is 15.1. The van der Waals surface area contributed by atoms with Gasteiger partial charge in [0.05, 0.1) is 39.9 Å². The van der Waals surface area contributed by atoms with Crippen molar-refractivity contribution < 1.29 is 32.9 Å². The molecule has 0 aliphatic heterocycles. The van der Waals surface area contributed by atoms with Crippen molar-refractivity contribution in [3.63, 3.8) is 0 Å². The SMILES string of the molecule is CC/C=C\C/C=C\C/C=C\C/C=C\C/C=C\C/C=C\C/C=C\C/C=C\C/C=C\CCCC(=O)NC(COP(=O)([O-])OCC[N+](C)(C)C)C(O)/C=C/CC/C=C/CC/C=C/CCCCCCCCC. The number of nitrogens with zero attached hydrogens (tertiary/aromatic N) is 1. The minimum Gasteiger partial charge on any atom is -0.756 e. The number of allylic oxidation sites excluding steroid dienone is 23. The van der Waals surface area contributed by atoms with E-state index in [2.05, 4.69) is 153 Å². The van der Waals surface area contributed by atoms with Gasteiger partial charge in [-0.1, -0.05) is 198 Å². The highest BCUT2D eigenvalue weighted by Crippen LogP contribution is 2.38. The second-order valence-corrected chi connectivity index (χ2v) is 19.5. The third-order valence-electron chi connectivity index (χ3n) is 10.5. The van der Waals surface area contributed by atoms with Gasteiger partial charge in [-0.15, -0.1) is 0 Å². The van der Waals surface area contributed by atoms with Gasteiger partial charge in [0.2, 0.25) is 5.91 Å². The van der Waals surface area contributed by atoms with Gasteiger partial charge in [-0.2, -0.15) is 0 Å². The van der Waals surface area contributed by atoms with Crippen molar-refractivity contribution in [2.45, 2.75) is 180 Å². The Morgan fingerprint density at radius 3 is 1.37 bits per heavy atom. The number of unbranched alkanes of at least 4 members (excludes halogenated alkanes) is 10. The van der Waals surface area contributed by atoms with E-state index >= 15 is 0 Å². The molecular formula is C59H97N2O6P. The van der Waals surface area contributed by atoms with Crippen LogP contribution in [-0.2, 0) is 18.4 Å². The van der Waals surface area contributed by atoms with E-state index in [1.165, 1.54) is 44.9 Å². The van der Waals surface area contributed by atoms with Crippen molar-refractivity contribution in [2.24, 2.45) is 0 Å². The average molecular weight is 961 g/mol. The monoisotopic (exact) mass is 961 g/mol. The Kier molecular flexibility index (Phi) is 45.8. The van der Waals surface area contributed by atoms with Crippen molar-refractivity contribution >= 4 is 13.7 Å². The van der Waals surface area contributed by atoms with Gasteiger partial charge in [0.1, 0.15) is 13.2 Å². The number of aliphatic hydroxyl groups excluding tert-OH is 1. The zero-order valence-corrected chi connectivity index (χ0v) is 44.4. The Hall–Kier alpha value is -3.62. The zero-order chi connectivity index (χ0) is 49.9. The first-order chi connectivity index (χ1) is 33.0. The number of likely N-dealkylation sites (N-methyl/N-ethyl adjacent to an activating group) is 1. The number of nitrogens with one attached hydrogen (secondary N) is 1. The van der Waals surface area contributed by atoms with Crippen LogP contribution < -0.4 is 10.2 Å². The molecule has 0 aromatic carbocycles. The lowest BCUT2D eigenvalue weighted by Crippen LogP contribution is -2.45. The predicted molar refractivity (Wildman–Crippen MR) is 292 cm³/mol. The maximum atomic E-state index is 12.9. The van der Waals surface area contributed by atoms with E-state index in [1.807, 2.05) is 27.2 Å². The summed E-state index contributed by atoms with van der Waals surface area (Å²) in [6.07, 6.45) is 74.9. The smallest absolute Gasteiger partial charge is 0.268 e. The number of carbonyl (C=O) groups is 1. The van der Waals surface area contributed by atoms with Crippen molar-refractivity contribution in [1.29, 1.82) is 0 Å². The Balaban J connectivity index is 4.50. The molecule has 68 heavy (non-hydrogen) atoms. The lowest BCUT2D eigenvalue weighted by molar-refractivity contribution is -0.870. The molecule has 1 amide bonds. The number of phosphoric ester groups is 1. The molecule has 384 valence electrons. The number of aliphatic hydroxyl groups is 1. The highest BCUT2D eigenvalue weighted by Gasteiger charge is 2.23. The first kappa shape index (κ1) is 64.4. The quantitative estimate of drug-likeness (QED) is 0.0272. The summed E-state index contributed by atoms with van der Waals surface area (Å²) < 4.78 is 23.2. The number of amides is 1. The average Bonchev–Trinajstić information content (AvgIpc) is 3.30. The Bertz CT molecular complexity index is 1610. The van der Waals surface area contributed by atoms with Crippen LogP contribution in [0.4, 0.5) is 0 Å². The molecule has 2 N–H and O–H groups in total. The Morgan fingerprint density at radius 1 is 0.529 bits per heavy atom. The van der Waals surface area contributed by atoms with Gasteiger partial charge in [-0.3, -0.25) is 9.36 Å². The molecule has 0 fully saturated rings. The molecular weight excluding hydrogens is 864 g/mol. The zero-order valence-electron chi connectivity index (χ0n) is 43.5. The van der Waals surface area contributed by atoms with E-state index in [-0.39, 0.29) is 18.9 Å². The molecule has 0 aliphatic carbocycles. The first-order valence-electron chi connectivity index (χ1n) is 26.2. The Labute approximate surface area is 417 Å². The summed E-state index contributed by atoms with van der Waals surface area (Å²) in [4.78, 5) is 25.4.